The van der Waals surface area contributed by atoms with Crippen LogP contribution in [0.5, 0.6) is 5.75 Å². The van der Waals surface area contributed by atoms with E-state index in [1.54, 1.807) is 18.3 Å². The minimum atomic E-state index is -3.59. The Morgan fingerprint density at radius 1 is 1.14 bits per heavy atom. The number of rotatable bonds is 10. The van der Waals surface area contributed by atoms with Crippen LogP contribution in [-0.4, -0.2) is 43.7 Å². The van der Waals surface area contributed by atoms with E-state index in [1.165, 1.54) is 7.11 Å². The smallest absolute Gasteiger partial charge is 0.255 e. The maximum absolute atomic E-state index is 13.8. The highest BCUT2D eigenvalue weighted by Gasteiger charge is 2.43. The van der Waals surface area contributed by atoms with Gasteiger partial charge in [-0.15, -0.1) is 10.2 Å². The molecule has 0 radical (unpaired) electrons. The minimum absolute atomic E-state index is 0.0855. The highest BCUT2D eigenvalue weighted by molar-refractivity contribution is 7.92. The number of aromatic nitrogens is 2. The van der Waals surface area contributed by atoms with Gasteiger partial charge in [-0.3, -0.25) is 14.2 Å². The van der Waals surface area contributed by atoms with Gasteiger partial charge in [0.2, 0.25) is 10.0 Å². The molecular formula is C30H35N7O4S. The summed E-state index contributed by atoms with van der Waals surface area (Å²) >= 11 is 0. The molecule has 0 bridgehead atoms. The van der Waals surface area contributed by atoms with Crippen molar-refractivity contribution in [2.24, 2.45) is 15.4 Å². The van der Waals surface area contributed by atoms with Crippen LogP contribution in [0.25, 0.3) is 0 Å². The lowest BCUT2D eigenvalue weighted by molar-refractivity contribution is 0.102. The molecule has 6 rings (SSSR count). The lowest BCUT2D eigenvalue weighted by Gasteiger charge is -2.25. The molecule has 1 aliphatic heterocycles. The minimum Gasteiger partial charge on any atom is -0.492 e. The van der Waals surface area contributed by atoms with Crippen molar-refractivity contribution in [3.63, 3.8) is 0 Å². The molecule has 42 heavy (non-hydrogen) atoms. The number of methoxy groups -OCH3 is 1. The number of hydrogen-bond donors (Lipinski definition) is 2. The monoisotopic (exact) mass is 589 g/mol. The van der Waals surface area contributed by atoms with Crippen LogP contribution < -0.4 is 14.8 Å². The van der Waals surface area contributed by atoms with Gasteiger partial charge in [-0.1, -0.05) is 19.9 Å². The van der Waals surface area contributed by atoms with Crippen molar-refractivity contribution in [1.82, 2.24) is 9.78 Å². The average molecular weight is 590 g/mol. The highest BCUT2D eigenvalue weighted by Crippen LogP contribution is 2.51. The van der Waals surface area contributed by atoms with Crippen molar-refractivity contribution < 1.29 is 17.9 Å². The Bertz CT molecular complexity index is 1740. The topological polar surface area (TPSA) is 139 Å². The number of benzene rings is 2. The van der Waals surface area contributed by atoms with Crippen LogP contribution in [0.1, 0.15) is 83.9 Å². The molecular weight excluding hydrogens is 554 g/mol. The van der Waals surface area contributed by atoms with E-state index in [1.807, 2.05) is 31.3 Å². The van der Waals surface area contributed by atoms with Crippen molar-refractivity contribution >= 4 is 33.5 Å². The number of anilines is 2. The van der Waals surface area contributed by atoms with Gasteiger partial charge in [0, 0.05) is 16.8 Å². The molecule has 2 saturated carbocycles. The number of nitrogens with zero attached hydrogens (tertiary/aromatic N) is 5. The lowest BCUT2D eigenvalue weighted by atomic mass is 9.81. The number of carbonyl (C=O) groups is 1. The molecule has 220 valence electrons. The molecule has 1 atom stereocenters. The van der Waals surface area contributed by atoms with Gasteiger partial charge in [0.25, 0.3) is 5.91 Å². The van der Waals surface area contributed by atoms with Crippen molar-refractivity contribution in [3.8, 4) is 5.75 Å². The second-order valence-corrected chi connectivity index (χ2v) is 13.5. The van der Waals surface area contributed by atoms with E-state index in [0.29, 0.717) is 17.3 Å². The molecule has 2 aliphatic carbocycles. The van der Waals surface area contributed by atoms with Crippen molar-refractivity contribution in [3.05, 3.63) is 70.0 Å². The van der Waals surface area contributed by atoms with Crippen LogP contribution in [0.3, 0.4) is 0 Å². The Hall–Kier alpha value is -4.06. The molecule has 12 heteroatoms. The summed E-state index contributed by atoms with van der Waals surface area (Å²) in [7, 11) is -2.14. The van der Waals surface area contributed by atoms with Gasteiger partial charge in [-0.05, 0) is 90.6 Å². The molecule has 1 amide bonds. The SMILES string of the molecule is CCc1c(C2(c3cc(C(=O)Nc4cc(C5(C)CC5)cc(NS(C)(=O)=O)c4OC)ccc3C)C=NN=N2)cnn1C1CC1. The van der Waals surface area contributed by atoms with Crippen LogP contribution in [0.15, 0.2) is 52.0 Å². The number of amides is 1. The van der Waals surface area contributed by atoms with Crippen LogP contribution in [0, 0.1) is 6.92 Å². The van der Waals surface area contributed by atoms with Crippen molar-refractivity contribution in [2.75, 3.05) is 23.4 Å². The molecule has 11 nitrogen and oxygen atoms in total. The molecule has 2 aromatic carbocycles. The maximum atomic E-state index is 13.8. The predicted molar refractivity (Wildman–Crippen MR) is 161 cm³/mol. The normalized spacial score (nSPS) is 20.5. The number of sulfonamides is 1. The fraction of sp³-hybridized carbons (Fsp3) is 0.433. The Kier molecular flexibility index (Phi) is 6.71. The van der Waals surface area contributed by atoms with Crippen molar-refractivity contribution in [2.45, 2.75) is 69.9 Å². The first-order chi connectivity index (χ1) is 20.0. The zero-order valence-electron chi connectivity index (χ0n) is 24.4. The van der Waals surface area contributed by atoms with E-state index in [9.17, 15) is 13.2 Å². The predicted octanol–water partition coefficient (Wildman–Crippen LogP) is 5.47. The van der Waals surface area contributed by atoms with E-state index >= 15 is 0 Å². The summed E-state index contributed by atoms with van der Waals surface area (Å²) in [5, 5.41) is 20.4. The number of ether oxygens (including phenoxy) is 1. The number of nitrogens with one attached hydrogen (secondary N) is 2. The highest BCUT2D eigenvalue weighted by atomic mass is 32.2. The summed E-state index contributed by atoms with van der Waals surface area (Å²) in [6.07, 6.45) is 9.59. The molecule has 3 aliphatic rings. The molecule has 2 N–H and O–H groups in total. The van der Waals surface area contributed by atoms with E-state index in [2.05, 4.69) is 44.0 Å². The number of carbonyl (C=O) groups excluding carboxylic acids is 1. The third-order valence-electron chi connectivity index (χ3n) is 8.48. The van der Waals surface area contributed by atoms with Gasteiger partial charge in [0.1, 0.15) is 0 Å². The standard InChI is InChI=1S/C30H35N7O4S/c1-6-26-23(16-32-37(26)21-9-10-21)30(17-31-36-35-30)22-13-19(8-7-18(22)2)28(38)33-24-14-20(29(3)11-12-29)15-25(27(24)41-4)34-42(5,39)40/h7-8,13-17,21,34H,6,9-12H2,1-5H3,(H,33,38). The maximum Gasteiger partial charge on any atom is 0.255 e. The van der Waals surface area contributed by atoms with Gasteiger partial charge >= 0.3 is 0 Å². The van der Waals surface area contributed by atoms with E-state index in [4.69, 9.17) is 9.84 Å². The third kappa shape index (κ3) is 4.97. The molecule has 1 unspecified atom stereocenters. The number of aryl methyl sites for hydroxylation is 1. The summed E-state index contributed by atoms with van der Waals surface area (Å²) in [4.78, 5) is 13.8. The van der Waals surface area contributed by atoms with Gasteiger partial charge in [-0.2, -0.15) is 5.10 Å². The van der Waals surface area contributed by atoms with Crippen LogP contribution in [0.2, 0.25) is 0 Å². The molecule has 3 aromatic rings. The van der Waals surface area contributed by atoms with Gasteiger partial charge < -0.3 is 10.1 Å². The molecule has 1 aromatic heterocycles. The second kappa shape index (κ2) is 10.0. The Labute approximate surface area is 245 Å². The Morgan fingerprint density at radius 2 is 1.88 bits per heavy atom. The first-order valence-electron chi connectivity index (χ1n) is 14.1. The first-order valence-corrected chi connectivity index (χ1v) is 16.0. The fourth-order valence-corrected chi connectivity index (χ4v) is 6.28. The summed E-state index contributed by atoms with van der Waals surface area (Å²) in [5.41, 5.74) is 4.63. The molecule has 2 fully saturated rings. The first kappa shape index (κ1) is 28.1. The van der Waals surface area contributed by atoms with E-state index in [-0.39, 0.29) is 22.8 Å². The summed E-state index contributed by atoms with van der Waals surface area (Å²) in [5.74, 6) is -0.133. The van der Waals surface area contributed by atoms with Crippen LogP contribution in [0.4, 0.5) is 11.4 Å². The zero-order chi connectivity index (χ0) is 29.9. The van der Waals surface area contributed by atoms with Crippen LogP contribution in [-0.2, 0) is 27.4 Å². The van der Waals surface area contributed by atoms with Crippen LogP contribution >= 0.6 is 0 Å². The third-order valence-corrected chi connectivity index (χ3v) is 9.07. The van der Waals surface area contributed by atoms with E-state index < -0.39 is 15.6 Å². The summed E-state index contributed by atoms with van der Waals surface area (Å²) in [6.45, 7) is 6.19. The van der Waals surface area contributed by atoms with Gasteiger partial charge in [0.05, 0.1) is 43.2 Å². The summed E-state index contributed by atoms with van der Waals surface area (Å²) in [6, 6.07) is 9.53. The second-order valence-electron chi connectivity index (χ2n) is 11.8. The molecule has 0 spiro atoms. The summed E-state index contributed by atoms with van der Waals surface area (Å²) < 4.78 is 34.5. The van der Waals surface area contributed by atoms with Crippen molar-refractivity contribution in [1.29, 1.82) is 0 Å². The Morgan fingerprint density at radius 3 is 2.48 bits per heavy atom. The van der Waals surface area contributed by atoms with E-state index in [0.717, 1.165) is 66.3 Å². The average Bonchev–Trinajstić information content (AvgIpc) is 3.83. The number of hydrogen-bond acceptors (Lipinski definition) is 8. The molecule has 0 saturated heterocycles. The van der Waals surface area contributed by atoms with Gasteiger partial charge in [-0.25, -0.2) is 8.42 Å². The quantitative estimate of drug-likeness (QED) is 0.323. The molecule has 2 heterocycles. The zero-order valence-corrected chi connectivity index (χ0v) is 25.2. The van der Waals surface area contributed by atoms with Gasteiger partial charge in [0.15, 0.2) is 11.3 Å². The fourth-order valence-electron chi connectivity index (χ4n) is 5.73. The largest absolute Gasteiger partial charge is 0.492 e. The lowest BCUT2D eigenvalue weighted by Crippen LogP contribution is -2.28. The Balaban J connectivity index is 1.40.